The molecule has 0 N–H and O–H groups in total. The Morgan fingerprint density at radius 2 is 1.80 bits per heavy atom. The summed E-state index contributed by atoms with van der Waals surface area (Å²) in [6.07, 6.45) is 3.25. The van der Waals surface area contributed by atoms with Crippen molar-refractivity contribution in [2.24, 2.45) is 5.92 Å². The highest BCUT2D eigenvalue weighted by molar-refractivity contribution is 7.92. The Labute approximate surface area is 118 Å². The summed E-state index contributed by atoms with van der Waals surface area (Å²) < 4.78 is 24.4. The Hall–Kier alpha value is -1.30. The van der Waals surface area contributed by atoms with Gasteiger partial charge in [0.05, 0.1) is 16.2 Å². The summed E-state index contributed by atoms with van der Waals surface area (Å²) in [7, 11) is -3.01. The van der Waals surface area contributed by atoms with Gasteiger partial charge in [0.15, 0.2) is 15.6 Å². The average Bonchev–Trinajstić information content (AvgIpc) is 2.37. The predicted octanol–water partition coefficient (Wildman–Crippen LogP) is 1.71. The topological polar surface area (TPSA) is 77.0 Å². The molecule has 0 aromatic carbocycles. The first kappa shape index (κ1) is 13.7. The van der Waals surface area contributed by atoms with E-state index in [1.807, 2.05) is 6.92 Å². The second-order valence-corrected chi connectivity index (χ2v) is 8.37. The molecule has 2 saturated heterocycles. The number of hydrogen-bond donors (Lipinski definition) is 0. The number of carbonyl (C=O) groups is 1. The maximum absolute atomic E-state index is 12.5. The number of aryl methyl sites for hydroxylation is 1. The van der Waals surface area contributed by atoms with Crippen molar-refractivity contribution in [1.82, 2.24) is 10.2 Å². The molecule has 6 heteroatoms. The van der Waals surface area contributed by atoms with E-state index in [-0.39, 0.29) is 22.2 Å². The van der Waals surface area contributed by atoms with Gasteiger partial charge in [-0.15, -0.1) is 5.10 Å². The molecular formula is C14H18N2O3S. The quantitative estimate of drug-likeness (QED) is 0.776. The molecule has 1 aromatic heterocycles. The van der Waals surface area contributed by atoms with Crippen LogP contribution in [0.25, 0.3) is 0 Å². The van der Waals surface area contributed by atoms with Crippen LogP contribution in [0.2, 0.25) is 0 Å². The molecule has 2 aliphatic heterocycles. The number of rotatable bonds is 2. The van der Waals surface area contributed by atoms with Gasteiger partial charge in [0.2, 0.25) is 0 Å². The number of carbonyl (C=O) groups excluding carboxylic acids is 1. The van der Waals surface area contributed by atoms with Crippen LogP contribution in [0.4, 0.5) is 0 Å². The highest BCUT2D eigenvalue weighted by Crippen LogP contribution is 2.40. The van der Waals surface area contributed by atoms with Crippen molar-refractivity contribution in [3.05, 3.63) is 23.5 Å². The van der Waals surface area contributed by atoms with E-state index in [1.165, 1.54) is 0 Å². The maximum atomic E-state index is 12.5. The fraction of sp³-hybridized carbons (Fsp3) is 0.643. The Morgan fingerprint density at radius 3 is 2.35 bits per heavy atom. The first-order chi connectivity index (χ1) is 9.48. The molecule has 5 nitrogen and oxygen atoms in total. The lowest BCUT2D eigenvalue weighted by atomic mass is 9.85. The molecule has 0 amide bonds. The Bertz CT molecular complexity index is 604. The summed E-state index contributed by atoms with van der Waals surface area (Å²) >= 11 is 0. The monoisotopic (exact) mass is 294 g/mol. The van der Waals surface area contributed by atoms with Crippen LogP contribution in [0.3, 0.4) is 0 Å². The number of ketones is 1. The zero-order chi connectivity index (χ0) is 14.3. The Kier molecular flexibility index (Phi) is 3.36. The molecule has 3 rings (SSSR count). The van der Waals surface area contributed by atoms with E-state index in [1.54, 1.807) is 12.1 Å². The number of nitrogens with zero attached hydrogens (tertiary/aromatic N) is 2. The molecule has 0 radical (unpaired) electrons. The number of fused-ring (bicyclic) bond motifs is 2. The maximum Gasteiger partial charge on any atom is 0.186 e. The second-order valence-electron chi connectivity index (χ2n) is 5.86. The van der Waals surface area contributed by atoms with Crippen LogP contribution < -0.4 is 0 Å². The van der Waals surface area contributed by atoms with Crippen LogP contribution in [-0.2, 0) is 9.84 Å². The van der Waals surface area contributed by atoms with E-state index in [0.717, 1.165) is 12.1 Å². The lowest BCUT2D eigenvalue weighted by Gasteiger charge is -2.37. The van der Waals surface area contributed by atoms with E-state index in [9.17, 15) is 13.2 Å². The molecular weight excluding hydrogens is 276 g/mol. The van der Waals surface area contributed by atoms with Crippen LogP contribution in [0.1, 0.15) is 48.3 Å². The van der Waals surface area contributed by atoms with Gasteiger partial charge in [-0.1, -0.05) is 6.42 Å². The summed E-state index contributed by atoms with van der Waals surface area (Å²) in [6.45, 7) is 1.82. The van der Waals surface area contributed by atoms with E-state index >= 15 is 0 Å². The molecule has 0 aliphatic carbocycles. The average molecular weight is 294 g/mol. The molecule has 2 bridgehead atoms. The number of Topliss-reactive ketones (excluding diaryl/α,β-unsaturated/α-hetero) is 1. The summed E-state index contributed by atoms with van der Waals surface area (Å²) in [4.78, 5) is 12.5. The summed E-state index contributed by atoms with van der Waals surface area (Å²) in [5.41, 5.74) is 1.13. The van der Waals surface area contributed by atoms with Gasteiger partial charge >= 0.3 is 0 Å². The summed E-state index contributed by atoms with van der Waals surface area (Å²) in [6, 6.07) is 3.45. The standard InChI is InChI=1S/C14H18N2O3S/c1-9-5-6-13(16-15-9)14(17)10-7-11-3-2-4-12(8-10)20(11,18)19/h5-6,10-12H,2-4,7-8H2,1H3. The van der Waals surface area contributed by atoms with Gasteiger partial charge in [-0.2, -0.15) is 5.10 Å². The van der Waals surface area contributed by atoms with Crippen molar-refractivity contribution in [1.29, 1.82) is 0 Å². The highest BCUT2D eigenvalue weighted by atomic mass is 32.2. The molecule has 2 aliphatic rings. The lowest BCUT2D eigenvalue weighted by molar-refractivity contribution is 0.0887. The Balaban J connectivity index is 1.82. The summed E-state index contributed by atoms with van der Waals surface area (Å²) in [5.74, 6) is -0.268. The zero-order valence-corrected chi connectivity index (χ0v) is 12.3. The normalized spacial score (nSPS) is 31.8. The van der Waals surface area contributed by atoms with Crippen molar-refractivity contribution in [2.45, 2.75) is 49.5 Å². The molecule has 20 heavy (non-hydrogen) atoms. The lowest BCUT2D eigenvalue weighted by Crippen LogP contribution is -2.45. The van der Waals surface area contributed by atoms with Crippen LogP contribution in [0.15, 0.2) is 12.1 Å². The molecule has 2 atom stereocenters. The zero-order valence-electron chi connectivity index (χ0n) is 11.4. The molecule has 2 fully saturated rings. The minimum absolute atomic E-state index is 0.0516. The van der Waals surface area contributed by atoms with Crippen molar-refractivity contribution in [3.8, 4) is 0 Å². The molecule has 3 heterocycles. The van der Waals surface area contributed by atoms with Crippen molar-refractivity contribution in [2.75, 3.05) is 0 Å². The minimum Gasteiger partial charge on any atom is -0.292 e. The molecule has 0 spiro atoms. The first-order valence-electron chi connectivity index (χ1n) is 7.05. The molecule has 108 valence electrons. The fourth-order valence-electron chi connectivity index (χ4n) is 3.36. The van der Waals surface area contributed by atoms with Gasteiger partial charge in [0.1, 0.15) is 5.69 Å². The molecule has 0 saturated carbocycles. The molecule has 1 aromatic rings. The van der Waals surface area contributed by atoms with Crippen LogP contribution in [0.5, 0.6) is 0 Å². The predicted molar refractivity (Wildman–Crippen MR) is 74.2 cm³/mol. The van der Waals surface area contributed by atoms with Gasteiger partial charge in [-0.25, -0.2) is 8.42 Å². The van der Waals surface area contributed by atoms with Gasteiger partial charge in [0, 0.05) is 5.92 Å². The van der Waals surface area contributed by atoms with E-state index in [0.29, 0.717) is 31.4 Å². The highest BCUT2D eigenvalue weighted by Gasteiger charge is 2.46. The number of sulfone groups is 1. The van der Waals surface area contributed by atoms with Crippen molar-refractivity contribution < 1.29 is 13.2 Å². The van der Waals surface area contributed by atoms with Crippen LogP contribution in [-0.4, -0.2) is 34.9 Å². The third-order valence-corrected chi connectivity index (χ3v) is 7.21. The van der Waals surface area contributed by atoms with Gasteiger partial charge in [-0.3, -0.25) is 4.79 Å². The van der Waals surface area contributed by atoms with E-state index in [2.05, 4.69) is 10.2 Å². The van der Waals surface area contributed by atoms with Crippen molar-refractivity contribution >= 4 is 15.6 Å². The SMILES string of the molecule is Cc1ccc(C(=O)C2CC3CCCC(C2)S3(=O)=O)nn1. The van der Waals surface area contributed by atoms with Crippen molar-refractivity contribution in [3.63, 3.8) is 0 Å². The van der Waals surface area contributed by atoms with E-state index < -0.39 is 9.84 Å². The molecule has 2 unspecified atom stereocenters. The van der Waals surface area contributed by atoms with Gasteiger partial charge < -0.3 is 0 Å². The Morgan fingerprint density at radius 1 is 1.15 bits per heavy atom. The van der Waals surface area contributed by atoms with Crippen LogP contribution >= 0.6 is 0 Å². The smallest absolute Gasteiger partial charge is 0.186 e. The second kappa shape index (κ2) is 4.91. The number of hydrogen-bond acceptors (Lipinski definition) is 5. The summed E-state index contributed by atoms with van der Waals surface area (Å²) in [5, 5.41) is 7.18. The van der Waals surface area contributed by atoms with Gasteiger partial charge in [-0.05, 0) is 44.7 Å². The minimum atomic E-state index is -3.01. The van der Waals surface area contributed by atoms with Crippen LogP contribution in [0, 0.1) is 12.8 Å². The first-order valence-corrected chi connectivity index (χ1v) is 8.66. The fourth-order valence-corrected chi connectivity index (χ4v) is 5.90. The van der Waals surface area contributed by atoms with E-state index in [4.69, 9.17) is 0 Å². The third-order valence-electron chi connectivity index (χ3n) is 4.50. The largest absolute Gasteiger partial charge is 0.292 e. The van der Waals surface area contributed by atoms with Gasteiger partial charge in [0.25, 0.3) is 0 Å². The third kappa shape index (κ3) is 2.26. The number of aromatic nitrogens is 2.